The van der Waals surface area contributed by atoms with Gasteiger partial charge >= 0.3 is 0 Å². The summed E-state index contributed by atoms with van der Waals surface area (Å²) in [5, 5.41) is 7.76. The van der Waals surface area contributed by atoms with Crippen molar-refractivity contribution < 1.29 is 19.1 Å². The van der Waals surface area contributed by atoms with Crippen LogP contribution in [-0.4, -0.2) is 48.5 Å². The summed E-state index contributed by atoms with van der Waals surface area (Å²) in [7, 11) is 0. The Morgan fingerprint density at radius 1 is 1.27 bits per heavy atom. The Balaban J connectivity index is 1.59. The van der Waals surface area contributed by atoms with E-state index in [-0.39, 0.29) is 43.2 Å². The highest BCUT2D eigenvalue weighted by molar-refractivity contribution is 7.13. The minimum absolute atomic E-state index is 0.00976. The van der Waals surface area contributed by atoms with Crippen molar-refractivity contribution in [1.82, 2.24) is 10.3 Å². The molecule has 2 N–H and O–H groups in total. The number of amides is 3. The van der Waals surface area contributed by atoms with Gasteiger partial charge < -0.3 is 20.3 Å². The molecule has 1 aliphatic heterocycles. The van der Waals surface area contributed by atoms with E-state index in [2.05, 4.69) is 15.6 Å². The molecular formula is C21H26N4O4S. The van der Waals surface area contributed by atoms with E-state index in [1.54, 1.807) is 17.6 Å². The summed E-state index contributed by atoms with van der Waals surface area (Å²) in [6.45, 7) is 2.97. The van der Waals surface area contributed by atoms with E-state index >= 15 is 0 Å². The van der Waals surface area contributed by atoms with Gasteiger partial charge in [0.2, 0.25) is 17.7 Å². The van der Waals surface area contributed by atoms with Crippen LogP contribution in [0.2, 0.25) is 0 Å². The van der Waals surface area contributed by atoms with Gasteiger partial charge in [-0.05, 0) is 37.5 Å². The summed E-state index contributed by atoms with van der Waals surface area (Å²) in [6, 6.07) is 7.39. The van der Waals surface area contributed by atoms with Gasteiger partial charge in [0.25, 0.3) is 0 Å². The first-order chi connectivity index (χ1) is 14.5. The molecule has 0 saturated carbocycles. The third-order valence-corrected chi connectivity index (χ3v) is 5.40. The number of aryl methyl sites for hydroxylation is 1. The lowest BCUT2D eigenvalue weighted by Gasteiger charge is -2.23. The molecular weight excluding hydrogens is 404 g/mol. The molecule has 8 nitrogen and oxygen atoms in total. The van der Waals surface area contributed by atoms with E-state index in [0.29, 0.717) is 17.4 Å². The Morgan fingerprint density at radius 3 is 2.83 bits per heavy atom. The molecule has 0 spiro atoms. The van der Waals surface area contributed by atoms with Crippen molar-refractivity contribution in [1.29, 1.82) is 0 Å². The lowest BCUT2D eigenvalue weighted by molar-refractivity contribution is -0.125. The third kappa shape index (κ3) is 6.64. The number of hydrogen-bond donors (Lipinski definition) is 2. The van der Waals surface area contributed by atoms with Gasteiger partial charge in [-0.15, -0.1) is 11.3 Å². The van der Waals surface area contributed by atoms with Crippen LogP contribution in [0.25, 0.3) is 0 Å². The maximum Gasteiger partial charge on any atom is 0.240 e. The van der Waals surface area contributed by atoms with Crippen molar-refractivity contribution in [2.45, 2.75) is 38.7 Å². The fraction of sp³-hybridized carbons (Fsp3) is 0.429. The van der Waals surface area contributed by atoms with Gasteiger partial charge in [-0.3, -0.25) is 14.4 Å². The maximum atomic E-state index is 12.9. The Morgan fingerprint density at radius 2 is 2.13 bits per heavy atom. The minimum atomic E-state index is -0.290. The topological polar surface area (TPSA) is 101 Å². The van der Waals surface area contributed by atoms with Crippen LogP contribution in [0.3, 0.4) is 0 Å². The molecule has 3 amide bonds. The molecule has 1 atom stereocenters. The summed E-state index contributed by atoms with van der Waals surface area (Å²) in [4.78, 5) is 42.9. The number of carbonyl (C=O) groups excluding carboxylic acids is 3. The van der Waals surface area contributed by atoms with Crippen LogP contribution in [-0.2, 0) is 19.1 Å². The number of nitrogens with zero attached hydrogens (tertiary/aromatic N) is 2. The Kier molecular flexibility index (Phi) is 7.92. The first kappa shape index (κ1) is 21.9. The zero-order valence-electron chi connectivity index (χ0n) is 16.9. The third-order valence-electron chi connectivity index (χ3n) is 4.71. The van der Waals surface area contributed by atoms with E-state index in [1.807, 2.05) is 25.1 Å². The molecule has 1 aromatic carbocycles. The molecule has 0 unspecified atom stereocenters. The van der Waals surface area contributed by atoms with Gasteiger partial charge in [0.15, 0.2) is 5.13 Å². The van der Waals surface area contributed by atoms with Crippen LogP contribution in [0.1, 0.15) is 31.2 Å². The predicted molar refractivity (Wildman–Crippen MR) is 115 cm³/mol. The van der Waals surface area contributed by atoms with Gasteiger partial charge in [-0.25, -0.2) is 4.98 Å². The van der Waals surface area contributed by atoms with Crippen molar-refractivity contribution in [2.75, 3.05) is 29.9 Å². The molecule has 1 fully saturated rings. The van der Waals surface area contributed by atoms with E-state index in [9.17, 15) is 14.4 Å². The molecule has 1 saturated heterocycles. The molecule has 30 heavy (non-hydrogen) atoms. The van der Waals surface area contributed by atoms with Gasteiger partial charge in [-0.1, -0.05) is 12.1 Å². The molecule has 1 aromatic heterocycles. The summed E-state index contributed by atoms with van der Waals surface area (Å²) >= 11 is 1.31. The van der Waals surface area contributed by atoms with E-state index < -0.39 is 0 Å². The van der Waals surface area contributed by atoms with Crippen LogP contribution in [0, 0.1) is 6.92 Å². The maximum absolute atomic E-state index is 12.9. The van der Waals surface area contributed by atoms with E-state index in [0.717, 1.165) is 25.0 Å². The average molecular weight is 431 g/mol. The van der Waals surface area contributed by atoms with Crippen molar-refractivity contribution in [2.24, 2.45) is 0 Å². The smallest absolute Gasteiger partial charge is 0.240 e. The van der Waals surface area contributed by atoms with Crippen LogP contribution in [0.5, 0.6) is 0 Å². The lowest BCUT2D eigenvalue weighted by Crippen LogP contribution is -2.43. The highest BCUT2D eigenvalue weighted by atomic mass is 32.1. The van der Waals surface area contributed by atoms with Crippen LogP contribution >= 0.6 is 11.3 Å². The van der Waals surface area contributed by atoms with Gasteiger partial charge in [-0.2, -0.15) is 0 Å². The summed E-state index contributed by atoms with van der Waals surface area (Å²) in [5.41, 5.74) is 1.61. The minimum Gasteiger partial charge on any atom is -0.376 e. The summed E-state index contributed by atoms with van der Waals surface area (Å²) in [5.74, 6) is -0.833. The number of nitrogens with one attached hydrogen (secondary N) is 2. The Hall–Kier alpha value is -2.78. The number of carbonyl (C=O) groups is 3. The number of thiazole rings is 1. The number of aromatic nitrogens is 1. The second-order valence-corrected chi connectivity index (χ2v) is 8.04. The van der Waals surface area contributed by atoms with Crippen molar-refractivity contribution in [3.63, 3.8) is 0 Å². The van der Waals surface area contributed by atoms with Crippen LogP contribution in [0.15, 0.2) is 35.8 Å². The lowest BCUT2D eigenvalue weighted by atomic mass is 10.2. The van der Waals surface area contributed by atoms with Gasteiger partial charge in [0, 0.05) is 43.3 Å². The molecule has 1 aliphatic rings. The van der Waals surface area contributed by atoms with Crippen LogP contribution in [0.4, 0.5) is 10.8 Å². The standard InChI is InChI=1S/C21H26N4O4S/c1-15-4-2-5-16(12-15)25(14-19(27)23-13-17-6-3-10-29-17)20(28)8-7-18(26)24-21-22-9-11-30-21/h2,4-5,9,11-12,17H,3,6-8,10,13-14H2,1H3,(H,23,27)(H,22,24,26)/t17-/m0/s1. The fourth-order valence-corrected chi connectivity index (χ4v) is 3.72. The molecule has 0 aliphatic carbocycles. The predicted octanol–water partition coefficient (Wildman–Crippen LogP) is 2.50. The second-order valence-electron chi connectivity index (χ2n) is 7.14. The molecule has 2 aromatic rings. The number of ether oxygens (including phenoxy) is 1. The van der Waals surface area contributed by atoms with Crippen molar-refractivity contribution in [3.8, 4) is 0 Å². The average Bonchev–Trinajstić information content (AvgIpc) is 3.43. The first-order valence-electron chi connectivity index (χ1n) is 9.96. The second kappa shape index (κ2) is 10.8. The van der Waals surface area contributed by atoms with Crippen molar-refractivity contribution >= 4 is 39.9 Å². The number of rotatable bonds is 9. The highest BCUT2D eigenvalue weighted by Crippen LogP contribution is 2.18. The highest BCUT2D eigenvalue weighted by Gasteiger charge is 2.22. The van der Waals surface area contributed by atoms with Crippen LogP contribution < -0.4 is 15.5 Å². The Labute approximate surface area is 179 Å². The molecule has 3 rings (SSSR count). The number of hydrogen-bond acceptors (Lipinski definition) is 6. The fourth-order valence-electron chi connectivity index (χ4n) is 3.17. The normalized spacial score (nSPS) is 15.6. The summed E-state index contributed by atoms with van der Waals surface area (Å²) in [6.07, 6.45) is 3.56. The Bertz CT molecular complexity index is 866. The number of anilines is 2. The van der Waals surface area contributed by atoms with Gasteiger partial charge in [0.05, 0.1) is 6.10 Å². The largest absolute Gasteiger partial charge is 0.376 e. The molecule has 2 heterocycles. The number of benzene rings is 1. The first-order valence-corrected chi connectivity index (χ1v) is 10.8. The van der Waals surface area contributed by atoms with E-state index in [4.69, 9.17) is 4.74 Å². The molecule has 0 bridgehead atoms. The zero-order valence-corrected chi connectivity index (χ0v) is 17.7. The monoisotopic (exact) mass is 430 g/mol. The van der Waals surface area contributed by atoms with Gasteiger partial charge in [0.1, 0.15) is 6.54 Å². The quantitative estimate of drug-likeness (QED) is 0.637. The zero-order chi connectivity index (χ0) is 21.3. The SMILES string of the molecule is Cc1cccc(N(CC(=O)NC[C@@H]2CCCO2)C(=O)CCC(=O)Nc2nccs2)c1. The molecule has 0 radical (unpaired) electrons. The molecule has 9 heteroatoms. The van der Waals surface area contributed by atoms with E-state index in [1.165, 1.54) is 16.2 Å². The summed E-state index contributed by atoms with van der Waals surface area (Å²) < 4.78 is 5.52. The molecule has 160 valence electrons. The van der Waals surface area contributed by atoms with Crippen molar-refractivity contribution in [3.05, 3.63) is 41.4 Å².